The summed E-state index contributed by atoms with van der Waals surface area (Å²) in [5, 5.41) is 13.8. The van der Waals surface area contributed by atoms with Crippen molar-refractivity contribution in [2.24, 2.45) is 7.05 Å². The second kappa shape index (κ2) is 12.0. The van der Waals surface area contributed by atoms with E-state index < -0.39 is 0 Å². The molecule has 0 aliphatic carbocycles. The first-order valence-electron chi connectivity index (χ1n) is 12.0. The molecule has 3 N–H and O–H groups in total. The smallest absolute Gasteiger partial charge is 0.269 e. The van der Waals surface area contributed by atoms with Gasteiger partial charge in [0.25, 0.3) is 5.91 Å². The molecule has 0 bridgehead atoms. The Hall–Kier alpha value is -4.80. The van der Waals surface area contributed by atoms with Gasteiger partial charge in [-0.1, -0.05) is 0 Å². The van der Waals surface area contributed by atoms with Gasteiger partial charge in [0.05, 0.1) is 27.0 Å². The molecule has 2 aromatic carbocycles. The monoisotopic (exact) mass is 517 g/mol. The van der Waals surface area contributed by atoms with Crippen LogP contribution >= 0.6 is 0 Å². The quantitative estimate of drug-likeness (QED) is 0.255. The van der Waals surface area contributed by atoms with Gasteiger partial charge in [-0.05, 0) is 55.5 Å². The van der Waals surface area contributed by atoms with Crippen LogP contribution in [0.4, 0.5) is 17.5 Å². The predicted octanol–water partition coefficient (Wildman–Crippen LogP) is 3.80. The number of amides is 1. The van der Waals surface area contributed by atoms with E-state index in [0.29, 0.717) is 47.7 Å². The Morgan fingerprint density at radius 2 is 1.63 bits per heavy atom. The predicted molar refractivity (Wildman–Crippen MR) is 146 cm³/mol. The van der Waals surface area contributed by atoms with Gasteiger partial charge in [-0.2, -0.15) is 10.1 Å². The van der Waals surface area contributed by atoms with Crippen molar-refractivity contribution < 1.29 is 19.0 Å². The lowest BCUT2D eigenvalue weighted by Crippen LogP contribution is -2.30. The molecule has 0 aliphatic heterocycles. The number of carbonyl (C=O) groups is 1. The minimum Gasteiger partial charge on any atom is -0.497 e. The molecular formula is C27H31N7O4. The Balaban J connectivity index is 1.35. The number of hydrogen-bond acceptors (Lipinski definition) is 9. The summed E-state index contributed by atoms with van der Waals surface area (Å²) in [6, 6.07) is 16.6. The minimum atomic E-state index is -0.248. The Morgan fingerprint density at radius 1 is 0.895 bits per heavy atom. The van der Waals surface area contributed by atoms with E-state index in [-0.39, 0.29) is 5.91 Å². The van der Waals surface area contributed by atoms with Crippen LogP contribution < -0.4 is 30.2 Å². The molecule has 0 saturated carbocycles. The lowest BCUT2D eigenvalue weighted by molar-refractivity contribution is 0.0945. The molecule has 0 aliphatic rings. The van der Waals surface area contributed by atoms with Crippen LogP contribution in [0.1, 0.15) is 16.2 Å². The summed E-state index contributed by atoms with van der Waals surface area (Å²) in [5.74, 6) is 2.96. The maximum atomic E-state index is 12.9. The number of rotatable bonds is 11. The molecule has 38 heavy (non-hydrogen) atoms. The number of nitrogens with zero attached hydrogens (tertiary/aromatic N) is 4. The first-order valence-corrected chi connectivity index (χ1v) is 12.0. The number of nitrogens with one attached hydrogen (secondary N) is 3. The third-order valence-corrected chi connectivity index (χ3v) is 5.71. The highest BCUT2D eigenvalue weighted by Crippen LogP contribution is 2.33. The average molecular weight is 518 g/mol. The van der Waals surface area contributed by atoms with Crippen molar-refractivity contribution in [2.45, 2.75) is 6.92 Å². The largest absolute Gasteiger partial charge is 0.497 e. The summed E-state index contributed by atoms with van der Waals surface area (Å²) in [5.41, 5.74) is 3.44. The summed E-state index contributed by atoms with van der Waals surface area (Å²) in [6.45, 7) is 2.69. The van der Waals surface area contributed by atoms with Gasteiger partial charge >= 0.3 is 0 Å². The number of aryl methyl sites for hydroxylation is 2. The summed E-state index contributed by atoms with van der Waals surface area (Å²) < 4.78 is 17.5. The highest BCUT2D eigenvalue weighted by Gasteiger charge is 2.17. The summed E-state index contributed by atoms with van der Waals surface area (Å²) in [6.07, 6.45) is 0. The van der Waals surface area contributed by atoms with Crippen molar-refractivity contribution in [3.63, 3.8) is 0 Å². The van der Waals surface area contributed by atoms with Crippen molar-refractivity contribution in [3.8, 4) is 28.5 Å². The third-order valence-electron chi connectivity index (χ3n) is 5.71. The van der Waals surface area contributed by atoms with E-state index in [9.17, 15) is 4.79 Å². The van der Waals surface area contributed by atoms with E-state index in [1.165, 1.54) is 4.68 Å². The highest BCUT2D eigenvalue weighted by molar-refractivity contribution is 5.94. The molecule has 0 radical (unpaired) electrons. The number of ether oxygens (including phenoxy) is 3. The molecule has 0 spiro atoms. The van der Waals surface area contributed by atoms with Crippen LogP contribution in [-0.2, 0) is 7.05 Å². The fraction of sp³-hybridized carbons (Fsp3) is 0.259. The van der Waals surface area contributed by atoms with E-state index in [1.807, 2.05) is 49.4 Å². The fourth-order valence-electron chi connectivity index (χ4n) is 3.80. The fourth-order valence-corrected chi connectivity index (χ4v) is 3.80. The molecule has 11 heteroatoms. The number of anilines is 3. The van der Waals surface area contributed by atoms with E-state index in [2.05, 4.69) is 31.0 Å². The number of carbonyl (C=O) groups excluding carboxylic acids is 1. The topological polar surface area (TPSA) is 124 Å². The van der Waals surface area contributed by atoms with E-state index in [0.717, 1.165) is 22.7 Å². The van der Waals surface area contributed by atoms with Gasteiger partial charge in [-0.15, -0.1) is 0 Å². The second-order valence-corrected chi connectivity index (χ2v) is 8.36. The molecule has 0 saturated heterocycles. The minimum absolute atomic E-state index is 0.248. The van der Waals surface area contributed by atoms with Gasteiger partial charge in [-0.3, -0.25) is 9.48 Å². The zero-order chi connectivity index (χ0) is 27.1. The first kappa shape index (κ1) is 26.3. The van der Waals surface area contributed by atoms with Crippen LogP contribution in [-0.4, -0.2) is 60.1 Å². The average Bonchev–Trinajstić information content (AvgIpc) is 3.32. The van der Waals surface area contributed by atoms with Gasteiger partial charge in [0.15, 0.2) is 0 Å². The van der Waals surface area contributed by atoms with Crippen molar-refractivity contribution in [3.05, 3.63) is 66.0 Å². The van der Waals surface area contributed by atoms with Gasteiger partial charge in [0.1, 0.15) is 28.8 Å². The molecule has 4 rings (SSSR count). The van der Waals surface area contributed by atoms with Crippen LogP contribution in [0.3, 0.4) is 0 Å². The molecule has 198 valence electrons. The van der Waals surface area contributed by atoms with Crippen molar-refractivity contribution >= 4 is 23.4 Å². The zero-order valence-corrected chi connectivity index (χ0v) is 22.0. The van der Waals surface area contributed by atoms with Gasteiger partial charge < -0.3 is 30.2 Å². The molecule has 0 atom stereocenters. The maximum Gasteiger partial charge on any atom is 0.269 e. The maximum absolute atomic E-state index is 12.9. The van der Waals surface area contributed by atoms with Crippen LogP contribution in [0.15, 0.2) is 54.6 Å². The van der Waals surface area contributed by atoms with E-state index in [4.69, 9.17) is 14.2 Å². The molecule has 1 amide bonds. The van der Waals surface area contributed by atoms with Gasteiger partial charge in [0, 0.05) is 43.1 Å². The van der Waals surface area contributed by atoms with Crippen molar-refractivity contribution in [1.82, 2.24) is 25.1 Å². The molecule has 2 heterocycles. The lowest BCUT2D eigenvalue weighted by Gasteiger charge is -2.11. The summed E-state index contributed by atoms with van der Waals surface area (Å²) >= 11 is 0. The molecule has 0 fully saturated rings. The van der Waals surface area contributed by atoms with Crippen molar-refractivity contribution in [2.75, 3.05) is 45.1 Å². The van der Waals surface area contributed by atoms with Crippen LogP contribution in [0.25, 0.3) is 11.3 Å². The number of methoxy groups -OCH3 is 3. The molecule has 11 nitrogen and oxygen atoms in total. The highest BCUT2D eigenvalue weighted by atomic mass is 16.5. The molecule has 4 aromatic rings. The number of aromatic nitrogens is 4. The Kier molecular flexibility index (Phi) is 8.27. The first-order chi connectivity index (χ1) is 18.4. The van der Waals surface area contributed by atoms with Gasteiger partial charge in [0.2, 0.25) is 5.95 Å². The zero-order valence-electron chi connectivity index (χ0n) is 22.0. The van der Waals surface area contributed by atoms with Crippen LogP contribution in [0, 0.1) is 6.92 Å². The SMILES string of the molecule is COc1ccc(Nc2cc(C)nc(NCCNC(=O)c3cc(-c4cc(OC)ccc4OC)nn3C)n2)cc1. The number of benzene rings is 2. The molecule has 2 aromatic heterocycles. The number of hydrogen-bond donors (Lipinski definition) is 3. The standard InChI is InChI=1S/C27H31N7O4/c1-17-14-25(31-18-6-8-19(36-3)9-7-18)32-27(30-17)29-13-12-28-26(35)23-16-22(33-34(23)2)21-15-20(37-4)10-11-24(21)38-5/h6-11,14-16H,12-13H2,1-5H3,(H,28,35)(H2,29,30,31,32). The van der Waals surface area contributed by atoms with E-state index >= 15 is 0 Å². The summed E-state index contributed by atoms with van der Waals surface area (Å²) in [7, 11) is 6.54. The van der Waals surface area contributed by atoms with E-state index in [1.54, 1.807) is 40.5 Å². The third kappa shape index (κ3) is 6.30. The Morgan fingerprint density at radius 3 is 2.34 bits per heavy atom. The summed E-state index contributed by atoms with van der Waals surface area (Å²) in [4.78, 5) is 21.8. The van der Waals surface area contributed by atoms with Gasteiger partial charge in [-0.25, -0.2) is 4.98 Å². The molecule has 0 unspecified atom stereocenters. The van der Waals surface area contributed by atoms with Crippen LogP contribution in [0.2, 0.25) is 0 Å². The molecular weight excluding hydrogens is 486 g/mol. The van der Waals surface area contributed by atoms with Crippen molar-refractivity contribution in [1.29, 1.82) is 0 Å². The Bertz CT molecular complexity index is 1400. The van der Waals surface area contributed by atoms with Crippen LogP contribution in [0.5, 0.6) is 17.2 Å². The second-order valence-electron chi connectivity index (χ2n) is 8.36. The normalized spacial score (nSPS) is 10.6. The Labute approximate surface area is 221 Å². The lowest BCUT2D eigenvalue weighted by atomic mass is 10.1.